The average Bonchev–Trinajstić information content (AvgIpc) is 3.64. The van der Waals surface area contributed by atoms with Gasteiger partial charge in [-0.15, -0.1) is 0 Å². The van der Waals surface area contributed by atoms with Crippen LogP contribution in [0.2, 0.25) is 0 Å². The molecule has 2 saturated carbocycles. The molecule has 0 bridgehead atoms. The number of hydrogen-bond donors (Lipinski definition) is 1. The first kappa shape index (κ1) is 24.1. The fourth-order valence-corrected chi connectivity index (χ4v) is 4.59. The highest BCUT2D eigenvalue weighted by Crippen LogP contribution is 2.47. The number of amides is 1. The van der Waals surface area contributed by atoms with Crippen LogP contribution in [0.25, 0.3) is 0 Å². The maximum Gasteiger partial charge on any atom is 0.436 e. The number of hydrogen-bond acceptors (Lipinski definition) is 3. The zero-order chi connectivity index (χ0) is 24.0. The Morgan fingerprint density at radius 2 is 1.67 bits per heavy atom. The van der Waals surface area contributed by atoms with Crippen molar-refractivity contribution in [1.82, 2.24) is 24.9 Å². The van der Waals surface area contributed by atoms with Crippen LogP contribution in [0.15, 0.2) is 10.5 Å². The van der Waals surface area contributed by atoms with E-state index in [2.05, 4.69) is 31.4 Å². The summed E-state index contributed by atoms with van der Waals surface area (Å²) in [6, 6.07) is 1.09. The molecule has 0 radical (unpaired) electrons. The van der Waals surface area contributed by atoms with Gasteiger partial charge < -0.3 is 5.32 Å². The predicted octanol–water partition coefficient (Wildman–Crippen LogP) is 5.23. The maximum atomic E-state index is 13.2. The molecule has 2 fully saturated rings. The van der Waals surface area contributed by atoms with E-state index < -0.39 is 23.7 Å². The molecule has 2 heterocycles. The Morgan fingerprint density at radius 1 is 1.00 bits per heavy atom. The Kier molecular flexibility index (Phi) is 6.53. The molecule has 2 aromatic rings. The number of aryl methyl sites for hydroxylation is 2. The highest BCUT2D eigenvalue weighted by atomic mass is 79.9. The molecule has 13 heteroatoms. The summed E-state index contributed by atoms with van der Waals surface area (Å²) in [6.45, 7) is 0.456. The molecular weight excluding hydrogens is 520 g/mol. The summed E-state index contributed by atoms with van der Waals surface area (Å²) in [4.78, 5) is 12.2. The fourth-order valence-electron chi connectivity index (χ4n) is 3.76. The molecule has 1 N–H and O–H groups in total. The third-order valence-electron chi connectivity index (χ3n) is 5.68. The Labute approximate surface area is 193 Å². The lowest BCUT2D eigenvalue weighted by Gasteiger charge is -2.09. The van der Waals surface area contributed by atoms with Crippen molar-refractivity contribution in [1.29, 1.82) is 0 Å². The van der Waals surface area contributed by atoms with Gasteiger partial charge in [0, 0.05) is 37.0 Å². The van der Waals surface area contributed by atoms with E-state index in [1.807, 2.05) is 0 Å². The molecule has 182 valence electrons. The maximum absolute atomic E-state index is 13.2. The molecule has 0 aliphatic heterocycles. The quantitative estimate of drug-likeness (QED) is 0.349. The van der Waals surface area contributed by atoms with Crippen LogP contribution in [0.3, 0.4) is 0 Å². The SMILES string of the molecule is O=C(CCn1nc(C(F)(F)F)c(Br)c1C1CC1)NCCCn1nc(C(F)(F)F)cc1C1CC1. The molecule has 0 saturated heterocycles. The lowest BCUT2D eigenvalue weighted by Crippen LogP contribution is -2.27. The van der Waals surface area contributed by atoms with Gasteiger partial charge in [-0.2, -0.15) is 36.5 Å². The molecule has 0 spiro atoms. The van der Waals surface area contributed by atoms with Crippen LogP contribution in [0.4, 0.5) is 26.3 Å². The molecule has 6 nitrogen and oxygen atoms in total. The van der Waals surface area contributed by atoms with Crippen molar-refractivity contribution in [2.45, 2.75) is 75.8 Å². The molecule has 0 unspecified atom stereocenters. The van der Waals surface area contributed by atoms with Gasteiger partial charge in [0.25, 0.3) is 0 Å². The van der Waals surface area contributed by atoms with E-state index in [9.17, 15) is 31.1 Å². The summed E-state index contributed by atoms with van der Waals surface area (Å²) in [5, 5.41) is 10.00. The Balaban J connectivity index is 1.28. The normalized spacial score (nSPS) is 16.9. The van der Waals surface area contributed by atoms with Crippen LogP contribution in [0.1, 0.15) is 73.1 Å². The Bertz CT molecular complexity index is 1020. The second kappa shape index (κ2) is 8.95. The Hall–Kier alpha value is -2.05. The van der Waals surface area contributed by atoms with Crippen molar-refractivity contribution in [3.8, 4) is 0 Å². The summed E-state index contributed by atoms with van der Waals surface area (Å²) in [5.74, 6) is -0.267. The highest BCUT2D eigenvalue weighted by Gasteiger charge is 2.42. The van der Waals surface area contributed by atoms with Crippen molar-refractivity contribution < 1.29 is 31.1 Å². The number of nitrogens with zero attached hydrogens (tertiary/aromatic N) is 4. The summed E-state index contributed by atoms with van der Waals surface area (Å²) >= 11 is 3.01. The van der Waals surface area contributed by atoms with Crippen LogP contribution in [0.5, 0.6) is 0 Å². The topological polar surface area (TPSA) is 64.7 Å². The minimum Gasteiger partial charge on any atom is -0.356 e. The fraction of sp³-hybridized carbons (Fsp3) is 0.650. The van der Waals surface area contributed by atoms with Crippen molar-refractivity contribution in [3.63, 3.8) is 0 Å². The molecule has 4 rings (SSSR count). The van der Waals surface area contributed by atoms with Crippen molar-refractivity contribution in [3.05, 3.63) is 33.3 Å². The van der Waals surface area contributed by atoms with Crippen LogP contribution >= 0.6 is 15.9 Å². The number of halogens is 7. The van der Waals surface area contributed by atoms with E-state index in [1.54, 1.807) is 0 Å². The van der Waals surface area contributed by atoms with E-state index in [0.29, 0.717) is 17.8 Å². The first-order valence-corrected chi connectivity index (χ1v) is 11.5. The standard InChI is InChI=1S/C20H22BrF6N5O/c21-16-17(12-4-5-12)32(30-18(16)20(25,26)27)9-6-15(33)28-7-1-8-31-13(11-2-3-11)10-14(29-31)19(22,23)24/h10-12H,1-9H2,(H,28,33). The molecule has 0 aromatic carbocycles. The lowest BCUT2D eigenvalue weighted by atomic mass is 10.2. The summed E-state index contributed by atoms with van der Waals surface area (Å²) in [6.07, 6.45) is -5.55. The average molecular weight is 542 g/mol. The molecule has 0 atom stereocenters. The zero-order valence-electron chi connectivity index (χ0n) is 17.4. The monoisotopic (exact) mass is 541 g/mol. The van der Waals surface area contributed by atoms with Crippen molar-refractivity contribution in [2.75, 3.05) is 6.54 Å². The second-order valence-electron chi connectivity index (χ2n) is 8.45. The molecule has 2 aromatic heterocycles. The number of carbonyl (C=O) groups is 1. The van der Waals surface area contributed by atoms with Gasteiger partial charge in [0.15, 0.2) is 11.4 Å². The Morgan fingerprint density at radius 3 is 2.24 bits per heavy atom. The second-order valence-corrected chi connectivity index (χ2v) is 9.24. The summed E-state index contributed by atoms with van der Waals surface area (Å²) < 4.78 is 80.9. The van der Waals surface area contributed by atoms with Crippen LogP contribution in [0, 0.1) is 0 Å². The third-order valence-corrected chi connectivity index (χ3v) is 6.46. The predicted molar refractivity (Wildman–Crippen MR) is 108 cm³/mol. The van der Waals surface area contributed by atoms with Gasteiger partial charge in [0.05, 0.1) is 16.7 Å². The molecule has 1 amide bonds. The van der Waals surface area contributed by atoms with E-state index in [-0.39, 0.29) is 48.3 Å². The van der Waals surface area contributed by atoms with Gasteiger partial charge in [-0.25, -0.2) is 0 Å². The van der Waals surface area contributed by atoms with Gasteiger partial charge in [-0.1, -0.05) is 0 Å². The van der Waals surface area contributed by atoms with E-state index >= 15 is 0 Å². The molecule has 2 aliphatic rings. The largest absolute Gasteiger partial charge is 0.436 e. The van der Waals surface area contributed by atoms with Crippen LogP contribution in [-0.2, 0) is 30.2 Å². The number of rotatable bonds is 9. The van der Waals surface area contributed by atoms with Gasteiger partial charge in [0.2, 0.25) is 5.91 Å². The number of nitrogens with one attached hydrogen (secondary N) is 1. The molecule has 33 heavy (non-hydrogen) atoms. The first-order chi connectivity index (χ1) is 15.4. The van der Waals surface area contributed by atoms with Crippen molar-refractivity contribution in [2.24, 2.45) is 0 Å². The number of aromatic nitrogens is 4. The lowest BCUT2D eigenvalue weighted by molar-refractivity contribution is -0.142. The molecule has 2 aliphatic carbocycles. The van der Waals surface area contributed by atoms with E-state index in [4.69, 9.17) is 0 Å². The van der Waals surface area contributed by atoms with Crippen LogP contribution in [-0.4, -0.2) is 32.0 Å². The van der Waals surface area contributed by atoms with E-state index in [0.717, 1.165) is 31.7 Å². The van der Waals surface area contributed by atoms with Crippen LogP contribution < -0.4 is 5.32 Å². The molecular formula is C20H22BrF6N5O. The van der Waals surface area contributed by atoms with Gasteiger partial charge >= 0.3 is 12.4 Å². The highest BCUT2D eigenvalue weighted by molar-refractivity contribution is 9.10. The van der Waals surface area contributed by atoms with Gasteiger partial charge in [-0.3, -0.25) is 14.2 Å². The zero-order valence-corrected chi connectivity index (χ0v) is 19.0. The number of carbonyl (C=O) groups excluding carboxylic acids is 1. The number of alkyl halides is 6. The van der Waals surface area contributed by atoms with Gasteiger partial charge in [-0.05, 0) is 54.1 Å². The third kappa shape index (κ3) is 5.72. The minimum atomic E-state index is -4.59. The smallest absolute Gasteiger partial charge is 0.356 e. The van der Waals surface area contributed by atoms with Gasteiger partial charge in [0.1, 0.15) is 0 Å². The first-order valence-electron chi connectivity index (χ1n) is 10.7. The summed E-state index contributed by atoms with van der Waals surface area (Å²) in [5.41, 5.74) is -0.884. The minimum absolute atomic E-state index is 0.00218. The van der Waals surface area contributed by atoms with E-state index in [1.165, 1.54) is 9.36 Å². The summed E-state index contributed by atoms with van der Waals surface area (Å²) in [7, 11) is 0. The van der Waals surface area contributed by atoms with Crippen molar-refractivity contribution >= 4 is 21.8 Å².